The third-order valence-electron chi connectivity index (χ3n) is 2.92. The average Bonchev–Trinajstić information content (AvgIpc) is 2.70. The number of aryl methyl sites for hydroxylation is 3. The van der Waals surface area contributed by atoms with Crippen LogP contribution in [0.4, 0.5) is 0 Å². The maximum Gasteiger partial charge on any atom is 0.280 e. The topological polar surface area (TPSA) is 75.8 Å². The molecule has 0 aliphatic rings. The lowest BCUT2D eigenvalue weighted by Gasteiger charge is -2.13. The first-order valence-electron chi connectivity index (χ1n) is 5.76. The minimum atomic E-state index is -4.07. The minimum absolute atomic E-state index is 0.0700. The van der Waals surface area contributed by atoms with E-state index in [1.54, 1.807) is 6.07 Å². The van der Waals surface area contributed by atoms with Gasteiger partial charge in [-0.15, -0.1) is 0 Å². The van der Waals surface area contributed by atoms with Gasteiger partial charge in [0.15, 0.2) is 5.03 Å². The fraction of sp³-hybridized carbons (Fsp3) is 0.231. The molecular weight excluding hydrogens is 298 g/mol. The molecule has 0 saturated heterocycles. The second kappa shape index (κ2) is 4.93. The van der Waals surface area contributed by atoms with Crippen molar-refractivity contribution in [3.63, 3.8) is 0 Å². The van der Waals surface area contributed by atoms with Crippen molar-refractivity contribution in [1.29, 1.82) is 5.26 Å². The van der Waals surface area contributed by atoms with Crippen LogP contribution in [0.3, 0.4) is 0 Å². The van der Waals surface area contributed by atoms with Crippen LogP contribution >= 0.6 is 10.7 Å². The third kappa shape index (κ3) is 2.42. The van der Waals surface area contributed by atoms with Crippen LogP contribution < -0.4 is 0 Å². The first kappa shape index (κ1) is 14.6. The van der Waals surface area contributed by atoms with Gasteiger partial charge in [0.05, 0.1) is 11.9 Å². The summed E-state index contributed by atoms with van der Waals surface area (Å²) in [7, 11) is 1.36. The minimum Gasteiger partial charge on any atom is -0.219 e. The van der Waals surface area contributed by atoms with Crippen molar-refractivity contribution in [2.45, 2.75) is 25.8 Å². The van der Waals surface area contributed by atoms with E-state index >= 15 is 0 Å². The number of aromatic nitrogens is 2. The lowest BCUT2D eigenvalue weighted by Crippen LogP contribution is -2.09. The molecule has 0 saturated carbocycles. The van der Waals surface area contributed by atoms with Crippen LogP contribution in [-0.2, 0) is 9.05 Å². The highest BCUT2D eigenvalue weighted by Gasteiger charge is 2.25. The molecule has 5 nitrogen and oxygen atoms in total. The Kier molecular flexibility index (Phi) is 3.59. The van der Waals surface area contributed by atoms with Crippen molar-refractivity contribution >= 4 is 19.7 Å². The highest BCUT2D eigenvalue weighted by atomic mass is 35.7. The Hall–Kier alpha value is -1.84. The predicted molar refractivity (Wildman–Crippen MR) is 75.5 cm³/mol. The first-order valence-corrected chi connectivity index (χ1v) is 8.07. The molecule has 1 aromatic heterocycles. The number of halogens is 1. The molecule has 0 amide bonds. The highest BCUT2D eigenvalue weighted by Crippen LogP contribution is 2.27. The van der Waals surface area contributed by atoms with Crippen molar-refractivity contribution in [2.24, 2.45) is 0 Å². The van der Waals surface area contributed by atoms with Gasteiger partial charge in [-0.05, 0) is 31.9 Å². The SMILES string of the molecule is Cc1cc(C)c(-n2ncc(C#N)c2S(=O)(=O)Cl)c(C)c1. The molecule has 0 aliphatic heterocycles. The monoisotopic (exact) mass is 309 g/mol. The van der Waals surface area contributed by atoms with Crippen LogP contribution in [0.5, 0.6) is 0 Å². The zero-order valence-electron chi connectivity index (χ0n) is 11.2. The van der Waals surface area contributed by atoms with Crippen LogP contribution in [0.25, 0.3) is 5.69 Å². The van der Waals surface area contributed by atoms with Crippen molar-refractivity contribution in [2.75, 3.05) is 0 Å². The number of hydrogen-bond donors (Lipinski definition) is 0. The summed E-state index contributed by atoms with van der Waals surface area (Å²) in [5.74, 6) is 0. The molecule has 0 atom stereocenters. The third-order valence-corrected chi connectivity index (χ3v) is 4.22. The summed E-state index contributed by atoms with van der Waals surface area (Å²) >= 11 is 0. The molecule has 0 aliphatic carbocycles. The lowest BCUT2D eigenvalue weighted by atomic mass is 10.1. The predicted octanol–water partition coefficient (Wildman–Crippen LogP) is 2.60. The van der Waals surface area contributed by atoms with E-state index in [2.05, 4.69) is 5.10 Å². The van der Waals surface area contributed by atoms with Crippen molar-refractivity contribution < 1.29 is 8.42 Å². The molecule has 7 heteroatoms. The number of nitrogens with zero attached hydrogens (tertiary/aromatic N) is 3. The molecule has 2 aromatic rings. The molecular formula is C13H12ClN3O2S. The Morgan fingerprint density at radius 3 is 2.25 bits per heavy atom. The van der Waals surface area contributed by atoms with E-state index in [0.717, 1.165) is 16.7 Å². The summed E-state index contributed by atoms with van der Waals surface area (Å²) in [4.78, 5) is 0. The molecule has 0 bridgehead atoms. The summed E-state index contributed by atoms with van der Waals surface area (Å²) < 4.78 is 24.6. The zero-order valence-corrected chi connectivity index (χ0v) is 12.7. The van der Waals surface area contributed by atoms with E-state index in [-0.39, 0.29) is 10.6 Å². The van der Waals surface area contributed by atoms with Gasteiger partial charge in [0.25, 0.3) is 9.05 Å². The van der Waals surface area contributed by atoms with Gasteiger partial charge in [0.1, 0.15) is 11.6 Å². The van der Waals surface area contributed by atoms with Gasteiger partial charge in [0, 0.05) is 10.7 Å². The number of nitriles is 1. The maximum absolute atomic E-state index is 11.7. The van der Waals surface area contributed by atoms with E-state index in [9.17, 15) is 8.42 Å². The smallest absolute Gasteiger partial charge is 0.219 e. The lowest BCUT2D eigenvalue weighted by molar-refractivity contribution is 0.599. The van der Waals surface area contributed by atoms with Gasteiger partial charge in [-0.2, -0.15) is 10.4 Å². The number of rotatable bonds is 2. The summed E-state index contributed by atoms with van der Waals surface area (Å²) in [6.07, 6.45) is 1.20. The molecule has 0 radical (unpaired) electrons. The van der Waals surface area contributed by atoms with E-state index in [4.69, 9.17) is 15.9 Å². The van der Waals surface area contributed by atoms with E-state index in [1.165, 1.54) is 10.9 Å². The van der Waals surface area contributed by atoms with Crippen LogP contribution in [0.15, 0.2) is 23.4 Å². The molecule has 1 heterocycles. The molecule has 0 N–H and O–H groups in total. The molecule has 0 unspecified atom stereocenters. The van der Waals surface area contributed by atoms with Crippen LogP contribution in [0, 0.1) is 32.1 Å². The molecule has 0 spiro atoms. The Morgan fingerprint density at radius 2 is 1.80 bits per heavy atom. The van der Waals surface area contributed by atoms with Gasteiger partial charge in [-0.3, -0.25) is 0 Å². The number of hydrogen-bond acceptors (Lipinski definition) is 4. The van der Waals surface area contributed by atoms with E-state index in [1.807, 2.05) is 32.9 Å². The van der Waals surface area contributed by atoms with Gasteiger partial charge < -0.3 is 0 Å². The average molecular weight is 310 g/mol. The molecule has 0 fully saturated rings. The quantitative estimate of drug-likeness (QED) is 0.799. The van der Waals surface area contributed by atoms with E-state index in [0.29, 0.717) is 5.69 Å². The van der Waals surface area contributed by atoms with Crippen molar-refractivity contribution in [3.8, 4) is 11.8 Å². The Morgan fingerprint density at radius 1 is 1.25 bits per heavy atom. The molecule has 20 heavy (non-hydrogen) atoms. The fourth-order valence-electron chi connectivity index (χ4n) is 2.31. The highest BCUT2D eigenvalue weighted by molar-refractivity contribution is 8.13. The van der Waals surface area contributed by atoms with Crippen LogP contribution in [0.2, 0.25) is 0 Å². The Labute approximate surface area is 121 Å². The normalized spacial score (nSPS) is 11.3. The summed E-state index contributed by atoms with van der Waals surface area (Å²) in [5, 5.41) is 12.7. The summed E-state index contributed by atoms with van der Waals surface area (Å²) in [5.41, 5.74) is 3.33. The second-order valence-electron chi connectivity index (χ2n) is 4.57. The molecule has 104 valence electrons. The van der Waals surface area contributed by atoms with Crippen LogP contribution in [0.1, 0.15) is 22.3 Å². The van der Waals surface area contributed by atoms with Gasteiger partial charge in [0.2, 0.25) is 0 Å². The largest absolute Gasteiger partial charge is 0.280 e. The fourth-order valence-corrected chi connectivity index (χ4v) is 3.47. The van der Waals surface area contributed by atoms with Gasteiger partial charge >= 0.3 is 0 Å². The van der Waals surface area contributed by atoms with Gasteiger partial charge in [-0.1, -0.05) is 17.7 Å². The van der Waals surface area contributed by atoms with Crippen LogP contribution in [-0.4, -0.2) is 18.2 Å². The van der Waals surface area contributed by atoms with Gasteiger partial charge in [-0.25, -0.2) is 13.1 Å². The summed E-state index contributed by atoms with van der Waals surface area (Å²) in [6, 6.07) is 5.63. The van der Waals surface area contributed by atoms with Crippen molar-refractivity contribution in [3.05, 3.63) is 40.6 Å². The summed E-state index contributed by atoms with van der Waals surface area (Å²) in [6.45, 7) is 5.66. The van der Waals surface area contributed by atoms with E-state index < -0.39 is 9.05 Å². The number of benzene rings is 1. The zero-order chi connectivity index (χ0) is 15.1. The maximum atomic E-state index is 11.7. The Balaban J connectivity index is 2.86. The Bertz CT molecular complexity index is 809. The standard InChI is InChI=1S/C13H12ClN3O2S/c1-8-4-9(2)12(10(3)5-8)17-13(20(14,18)19)11(6-15)7-16-17/h4-5,7H,1-3H3. The molecule has 1 aromatic carbocycles. The van der Waals surface area contributed by atoms with Crippen molar-refractivity contribution in [1.82, 2.24) is 9.78 Å². The first-order chi connectivity index (χ1) is 9.25. The second-order valence-corrected chi connectivity index (χ2v) is 7.05. The molecule has 2 rings (SSSR count).